The molecule has 1 unspecified atom stereocenters. The lowest BCUT2D eigenvalue weighted by Gasteiger charge is -2.26. The second-order valence-corrected chi connectivity index (χ2v) is 6.60. The van der Waals surface area contributed by atoms with Gasteiger partial charge in [-0.3, -0.25) is 19.1 Å². The number of rotatable bonds is 4. The second-order valence-electron chi connectivity index (χ2n) is 6.60. The van der Waals surface area contributed by atoms with Crippen LogP contribution in [0.15, 0.2) is 12.4 Å². The Morgan fingerprint density at radius 3 is 2.46 bits per heavy atom. The van der Waals surface area contributed by atoms with Gasteiger partial charge < -0.3 is 15.3 Å². The van der Waals surface area contributed by atoms with Gasteiger partial charge in [-0.25, -0.2) is 0 Å². The maximum absolute atomic E-state index is 12.5. The first kappa shape index (κ1) is 16.5. The number of carboxylic acids is 1. The van der Waals surface area contributed by atoms with Crippen LogP contribution < -0.4 is 10.2 Å². The normalized spacial score (nSPS) is 27.3. The van der Waals surface area contributed by atoms with Gasteiger partial charge in [0.15, 0.2) is 0 Å². The Bertz CT molecular complexity index is 648. The third kappa shape index (κ3) is 3.27. The Kier molecular flexibility index (Phi) is 4.55. The van der Waals surface area contributed by atoms with Crippen molar-refractivity contribution < 1.29 is 19.5 Å². The van der Waals surface area contributed by atoms with Crippen molar-refractivity contribution in [1.82, 2.24) is 15.1 Å². The SMILES string of the molecule is Cn1cc(N2CCC(NC(=O)C3CCC(C(=O)O)CC3)C2=O)cn1. The predicted molar refractivity (Wildman–Crippen MR) is 85.2 cm³/mol. The van der Waals surface area contributed by atoms with Crippen molar-refractivity contribution in [3.05, 3.63) is 12.4 Å². The average molecular weight is 334 g/mol. The molecule has 2 N–H and O–H groups in total. The Morgan fingerprint density at radius 2 is 1.88 bits per heavy atom. The summed E-state index contributed by atoms with van der Waals surface area (Å²) in [5, 5.41) is 15.9. The first-order chi connectivity index (χ1) is 11.5. The number of hydrogen-bond acceptors (Lipinski definition) is 4. The number of carbonyl (C=O) groups excluding carboxylic acids is 2. The van der Waals surface area contributed by atoms with Crippen molar-refractivity contribution in [2.24, 2.45) is 18.9 Å². The number of carboxylic acid groups (broad SMARTS) is 1. The topological polar surface area (TPSA) is 105 Å². The van der Waals surface area contributed by atoms with Gasteiger partial charge in [0.25, 0.3) is 0 Å². The summed E-state index contributed by atoms with van der Waals surface area (Å²) in [6.07, 6.45) is 6.16. The summed E-state index contributed by atoms with van der Waals surface area (Å²) in [6, 6.07) is -0.505. The molecule has 1 aliphatic heterocycles. The molecule has 0 radical (unpaired) electrons. The van der Waals surface area contributed by atoms with E-state index in [1.54, 1.807) is 29.0 Å². The van der Waals surface area contributed by atoms with Gasteiger partial charge in [0, 0.05) is 25.7 Å². The van der Waals surface area contributed by atoms with Crippen molar-refractivity contribution in [1.29, 1.82) is 0 Å². The van der Waals surface area contributed by atoms with E-state index >= 15 is 0 Å². The molecule has 2 amide bonds. The molecule has 130 valence electrons. The summed E-state index contributed by atoms with van der Waals surface area (Å²) in [5.74, 6) is -1.57. The largest absolute Gasteiger partial charge is 0.481 e. The molecule has 1 aromatic heterocycles. The molecular formula is C16H22N4O4. The van der Waals surface area contributed by atoms with E-state index in [4.69, 9.17) is 5.11 Å². The van der Waals surface area contributed by atoms with E-state index in [1.807, 2.05) is 0 Å². The second kappa shape index (κ2) is 6.62. The van der Waals surface area contributed by atoms with Crippen LogP contribution in [-0.2, 0) is 21.4 Å². The molecule has 1 aromatic rings. The molecule has 0 spiro atoms. The standard InChI is InChI=1S/C16H22N4O4/c1-19-9-12(8-17-19)20-7-6-13(15(20)22)18-14(21)10-2-4-11(5-3-10)16(23)24/h8-11,13H,2-7H2,1H3,(H,18,21)(H,23,24). The van der Waals surface area contributed by atoms with Crippen molar-refractivity contribution in [3.8, 4) is 0 Å². The zero-order valence-electron chi connectivity index (χ0n) is 13.6. The van der Waals surface area contributed by atoms with Crippen molar-refractivity contribution in [3.63, 3.8) is 0 Å². The van der Waals surface area contributed by atoms with E-state index in [9.17, 15) is 14.4 Å². The molecule has 3 rings (SSSR count). The van der Waals surface area contributed by atoms with E-state index in [-0.39, 0.29) is 23.7 Å². The lowest BCUT2D eigenvalue weighted by molar-refractivity contribution is -0.144. The summed E-state index contributed by atoms with van der Waals surface area (Å²) in [7, 11) is 1.79. The van der Waals surface area contributed by atoms with Crippen LogP contribution in [0.1, 0.15) is 32.1 Å². The maximum atomic E-state index is 12.5. The van der Waals surface area contributed by atoms with Crippen LogP contribution in [0.3, 0.4) is 0 Å². The van der Waals surface area contributed by atoms with Crippen LogP contribution in [-0.4, -0.2) is 45.3 Å². The number of anilines is 1. The minimum absolute atomic E-state index is 0.115. The zero-order valence-corrected chi connectivity index (χ0v) is 13.6. The number of aliphatic carboxylic acids is 1. The van der Waals surface area contributed by atoms with Gasteiger partial charge in [-0.2, -0.15) is 5.10 Å². The van der Waals surface area contributed by atoms with E-state index < -0.39 is 12.0 Å². The van der Waals surface area contributed by atoms with Crippen molar-refractivity contribution in [2.45, 2.75) is 38.1 Å². The summed E-state index contributed by atoms with van der Waals surface area (Å²) in [5.41, 5.74) is 0.737. The van der Waals surface area contributed by atoms with Gasteiger partial charge >= 0.3 is 5.97 Å². The molecule has 1 atom stereocenters. The average Bonchev–Trinajstić information content (AvgIpc) is 3.14. The van der Waals surface area contributed by atoms with E-state index in [2.05, 4.69) is 10.4 Å². The predicted octanol–water partition coefficient (Wildman–Crippen LogP) is 0.533. The summed E-state index contributed by atoms with van der Waals surface area (Å²) in [6.45, 7) is 0.557. The van der Waals surface area contributed by atoms with Crippen LogP contribution in [0, 0.1) is 11.8 Å². The zero-order chi connectivity index (χ0) is 17.3. The molecule has 1 saturated carbocycles. The number of aromatic nitrogens is 2. The minimum Gasteiger partial charge on any atom is -0.481 e. The van der Waals surface area contributed by atoms with Crippen LogP contribution in [0.4, 0.5) is 5.69 Å². The monoisotopic (exact) mass is 334 g/mol. The fraction of sp³-hybridized carbons (Fsp3) is 0.625. The van der Waals surface area contributed by atoms with E-state index in [1.165, 1.54) is 0 Å². The minimum atomic E-state index is -0.785. The van der Waals surface area contributed by atoms with Crippen LogP contribution >= 0.6 is 0 Å². The maximum Gasteiger partial charge on any atom is 0.306 e. The van der Waals surface area contributed by atoms with E-state index in [0.29, 0.717) is 38.6 Å². The number of nitrogens with zero attached hydrogens (tertiary/aromatic N) is 3. The highest BCUT2D eigenvalue weighted by Gasteiger charge is 2.36. The van der Waals surface area contributed by atoms with Crippen LogP contribution in [0.5, 0.6) is 0 Å². The molecule has 24 heavy (non-hydrogen) atoms. The van der Waals surface area contributed by atoms with Crippen molar-refractivity contribution >= 4 is 23.5 Å². The first-order valence-corrected chi connectivity index (χ1v) is 8.29. The Morgan fingerprint density at radius 1 is 1.21 bits per heavy atom. The Hall–Kier alpha value is -2.38. The van der Waals surface area contributed by atoms with Crippen LogP contribution in [0.2, 0.25) is 0 Å². The third-order valence-electron chi connectivity index (χ3n) is 4.97. The lowest BCUT2D eigenvalue weighted by Crippen LogP contribution is -2.44. The van der Waals surface area contributed by atoms with Crippen LogP contribution in [0.25, 0.3) is 0 Å². The lowest BCUT2D eigenvalue weighted by atomic mass is 9.81. The number of aryl methyl sites for hydroxylation is 1. The highest BCUT2D eigenvalue weighted by molar-refractivity contribution is 6.01. The summed E-state index contributed by atoms with van der Waals surface area (Å²) in [4.78, 5) is 37.5. The van der Waals surface area contributed by atoms with Gasteiger partial charge in [-0.05, 0) is 32.1 Å². The highest BCUT2D eigenvalue weighted by atomic mass is 16.4. The molecule has 1 aliphatic carbocycles. The van der Waals surface area contributed by atoms with Crippen molar-refractivity contribution in [2.75, 3.05) is 11.4 Å². The molecule has 8 nitrogen and oxygen atoms in total. The molecule has 1 saturated heterocycles. The highest BCUT2D eigenvalue weighted by Crippen LogP contribution is 2.29. The summed E-state index contributed by atoms with van der Waals surface area (Å²) < 4.78 is 1.63. The fourth-order valence-electron chi connectivity index (χ4n) is 3.51. The Labute approximate surface area is 139 Å². The number of amides is 2. The molecular weight excluding hydrogens is 312 g/mol. The number of carbonyl (C=O) groups is 3. The molecule has 2 aliphatic rings. The van der Waals surface area contributed by atoms with Gasteiger partial charge in [0.05, 0.1) is 17.8 Å². The Balaban J connectivity index is 1.54. The van der Waals surface area contributed by atoms with Gasteiger partial charge in [-0.1, -0.05) is 0 Å². The molecule has 8 heteroatoms. The third-order valence-corrected chi connectivity index (χ3v) is 4.97. The van der Waals surface area contributed by atoms with E-state index in [0.717, 1.165) is 5.69 Å². The molecule has 0 aromatic carbocycles. The molecule has 0 bridgehead atoms. The molecule has 2 heterocycles. The number of nitrogens with one attached hydrogen (secondary N) is 1. The quantitative estimate of drug-likeness (QED) is 0.836. The number of hydrogen-bond donors (Lipinski definition) is 2. The first-order valence-electron chi connectivity index (χ1n) is 8.29. The van der Waals surface area contributed by atoms with Gasteiger partial charge in [0.2, 0.25) is 11.8 Å². The van der Waals surface area contributed by atoms with Gasteiger partial charge in [0.1, 0.15) is 6.04 Å². The molecule has 2 fully saturated rings. The van der Waals surface area contributed by atoms with Gasteiger partial charge in [-0.15, -0.1) is 0 Å². The summed E-state index contributed by atoms with van der Waals surface area (Å²) >= 11 is 0. The fourth-order valence-corrected chi connectivity index (χ4v) is 3.51. The smallest absolute Gasteiger partial charge is 0.306 e.